The number of esters is 1. The minimum Gasteiger partial charge on any atom is -0.493 e. The van der Waals surface area contributed by atoms with E-state index in [1.165, 1.54) is 0 Å². The predicted octanol–water partition coefficient (Wildman–Crippen LogP) is 6.45. The number of Topliss-reactive ketones (excluding diaryl/α,β-unsaturated/α-hetero) is 1. The molecule has 3 atom stereocenters. The van der Waals surface area contributed by atoms with Crippen LogP contribution < -0.4 is 9.47 Å². The highest BCUT2D eigenvalue weighted by Gasteiger charge is 2.46. The number of hydrogen-bond donors (Lipinski definition) is 0. The van der Waals surface area contributed by atoms with Gasteiger partial charge in [0.15, 0.2) is 11.5 Å². The van der Waals surface area contributed by atoms with Crippen LogP contribution in [0.5, 0.6) is 11.5 Å². The predicted molar refractivity (Wildman–Crippen MR) is 155 cm³/mol. The van der Waals surface area contributed by atoms with Crippen LogP contribution in [0, 0.1) is 5.92 Å². The second-order valence-electron chi connectivity index (χ2n) is 10.3. The molecule has 0 aromatic heterocycles. The smallest absolute Gasteiger partial charge is 0.336 e. The van der Waals surface area contributed by atoms with E-state index >= 15 is 0 Å². The minimum absolute atomic E-state index is 0.0615. The van der Waals surface area contributed by atoms with Gasteiger partial charge in [0.05, 0.1) is 31.8 Å². The number of allylic oxidation sites excluding steroid dienone is 1. The Bertz CT molecular complexity index is 1430. The summed E-state index contributed by atoms with van der Waals surface area (Å²) >= 11 is 0. The molecule has 0 amide bonds. The summed E-state index contributed by atoms with van der Waals surface area (Å²) in [6.07, 6.45) is 1.67. The number of aliphatic imine (C=N–C) groups is 1. The fourth-order valence-corrected chi connectivity index (χ4v) is 5.90. The fraction of sp³-hybridized carbons (Fsp3) is 0.324. The van der Waals surface area contributed by atoms with E-state index in [9.17, 15) is 9.59 Å². The first-order valence-corrected chi connectivity index (χ1v) is 13.9. The summed E-state index contributed by atoms with van der Waals surface area (Å²) in [6, 6.07) is 25.6. The zero-order valence-electron chi connectivity index (χ0n) is 23.3. The molecule has 206 valence electrons. The molecule has 1 unspecified atom stereocenters. The van der Waals surface area contributed by atoms with Crippen molar-refractivity contribution in [3.05, 3.63) is 107 Å². The molecule has 1 saturated carbocycles. The maximum atomic E-state index is 13.9. The molecule has 0 bridgehead atoms. The molecule has 6 nitrogen and oxygen atoms in total. The Hall–Kier alpha value is -4.19. The van der Waals surface area contributed by atoms with E-state index in [2.05, 4.69) is 12.1 Å². The number of fused-ring (bicyclic) bond motifs is 1. The Morgan fingerprint density at radius 1 is 0.900 bits per heavy atom. The van der Waals surface area contributed by atoms with Crippen molar-refractivity contribution in [2.75, 3.05) is 20.3 Å². The van der Waals surface area contributed by atoms with Gasteiger partial charge >= 0.3 is 5.97 Å². The molecule has 1 heterocycles. The molecule has 0 radical (unpaired) electrons. The summed E-state index contributed by atoms with van der Waals surface area (Å²) in [7, 11) is 1.59. The highest BCUT2D eigenvalue weighted by atomic mass is 16.5. The van der Waals surface area contributed by atoms with Crippen LogP contribution in [0.15, 0.2) is 95.1 Å². The summed E-state index contributed by atoms with van der Waals surface area (Å²) in [5.41, 5.74) is 4.87. The molecule has 6 heteroatoms. The number of nitrogens with zero attached hydrogens (tertiary/aromatic N) is 1. The van der Waals surface area contributed by atoms with Gasteiger partial charge < -0.3 is 14.2 Å². The van der Waals surface area contributed by atoms with Crippen molar-refractivity contribution in [3.8, 4) is 11.5 Å². The number of carbonyl (C=O) groups excluding carboxylic acids is 2. The topological polar surface area (TPSA) is 74.2 Å². The molecule has 1 aliphatic carbocycles. The van der Waals surface area contributed by atoms with E-state index in [0.717, 1.165) is 22.4 Å². The summed E-state index contributed by atoms with van der Waals surface area (Å²) in [5, 5.41) is 0. The number of carbonyl (C=O) groups is 2. The summed E-state index contributed by atoms with van der Waals surface area (Å²) < 4.78 is 17.2. The number of rotatable bonds is 9. The second kappa shape index (κ2) is 12.3. The molecule has 5 rings (SSSR count). The number of ether oxygens (including phenoxy) is 3. The molecular formula is C34H35NO5. The molecule has 1 fully saturated rings. The first-order valence-electron chi connectivity index (χ1n) is 13.9. The molecule has 0 spiro atoms. The van der Waals surface area contributed by atoms with Crippen LogP contribution in [0.1, 0.15) is 55.2 Å². The Balaban J connectivity index is 1.51. The lowest BCUT2D eigenvalue weighted by molar-refractivity contribution is -0.139. The average molecular weight is 538 g/mol. The van der Waals surface area contributed by atoms with Crippen molar-refractivity contribution in [2.24, 2.45) is 10.9 Å². The molecule has 1 aliphatic heterocycles. The van der Waals surface area contributed by atoms with Crippen LogP contribution >= 0.6 is 0 Å². The molecule has 2 aliphatic rings. The Morgan fingerprint density at radius 3 is 2.33 bits per heavy atom. The monoisotopic (exact) mass is 537 g/mol. The third-order valence-electron chi connectivity index (χ3n) is 7.76. The molecule has 40 heavy (non-hydrogen) atoms. The SMILES string of the molecule is CCOc1ccc([C@@H]2C(C(=O)OCCc3ccccc3)=C(C)N=C3C[C@@H](c4ccccc4)CC(=O)C32)cc1OC. The van der Waals surface area contributed by atoms with Gasteiger partial charge in [0, 0.05) is 30.2 Å². The van der Waals surface area contributed by atoms with Crippen LogP contribution in [-0.4, -0.2) is 37.8 Å². The van der Waals surface area contributed by atoms with Crippen molar-refractivity contribution in [3.63, 3.8) is 0 Å². The van der Waals surface area contributed by atoms with Crippen molar-refractivity contribution < 1.29 is 23.8 Å². The van der Waals surface area contributed by atoms with E-state index in [1.807, 2.05) is 80.6 Å². The van der Waals surface area contributed by atoms with Crippen LogP contribution in [0.3, 0.4) is 0 Å². The van der Waals surface area contributed by atoms with Crippen molar-refractivity contribution in [2.45, 2.75) is 44.9 Å². The Kier molecular flexibility index (Phi) is 8.44. The summed E-state index contributed by atoms with van der Waals surface area (Å²) in [6.45, 7) is 4.49. The van der Waals surface area contributed by atoms with Gasteiger partial charge in [-0.05, 0) is 55.0 Å². The van der Waals surface area contributed by atoms with E-state index in [4.69, 9.17) is 19.2 Å². The van der Waals surface area contributed by atoms with Crippen LogP contribution in [0.4, 0.5) is 0 Å². The molecule has 0 saturated heterocycles. The Morgan fingerprint density at radius 2 is 1.62 bits per heavy atom. The number of methoxy groups -OCH3 is 1. The lowest BCUT2D eigenvalue weighted by Gasteiger charge is -2.38. The van der Waals surface area contributed by atoms with Gasteiger partial charge in [0.2, 0.25) is 0 Å². The highest BCUT2D eigenvalue weighted by Crippen LogP contribution is 2.47. The van der Waals surface area contributed by atoms with Gasteiger partial charge in [0.1, 0.15) is 5.78 Å². The molecule has 3 aromatic carbocycles. The van der Waals surface area contributed by atoms with Gasteiger partial charge in [-0.1, -0.05) is 66.7 Å². The quantitative estimate of drug-likeness (QED) is 0.293. The standard InChI is InChI=1S/C34H35NO5/c1-4-39-29-16-15-25(21-30(29)38-3)32-31(34(37)40-18-17-23-11-7-5-8-12-23)22(2)35-27-19-26(20-28(36)33(27)32)24-13-9-6-10-14-24/h5-16,21,26,32-33H,4,17-20H2,1-3H3/t26-,32-,33?/m1/s1. The molecule has 3 aromatic rings. The van der Waals surface area contributed by atoms with Gasteiger partial charge in [-0.15, -0.1) is 0 Å². The molecular weight excluding hydrogens is 502 g/mol. The second-order valence-corrected chi connectivity index (χ2v) is 10.3. The van der Waals surface area contributed by atoms with E-state index in [1.54, 1.807) is 7.11 Å². The third-order valence-corrected chi connectivity index (χ3v) is 7.76. The van der Waals surface area contributed by atoms with Crippen molar-refractivity contribution in [1.82, 2.24) is 0 Å². The van der Waals surface area contributed by atoms with E-state index in [-0.39, 0.29) is 18.3 Å². The summed E-state index contributed by atoms with van der Waals surface area (Å²) in [5.74, 6) is -0.181. The minimum atomic E-state index is -0.539. The van der Waals surface area contributed by atoms with Gasteiger partial charge in [-0.3, -0.25) is 9.79 Å². The van der Waals surface area contributed by atoms with Crippen LogP contribution in [0.25, 0.3) is 0 Å². The lowest BCUT2D eigenvalue weighted by atomic mass is 9.66. The van der Waals surface area contributed by atoms with Crippen molar-refractivity contribution in [1.29, 1.82) is 0 Å². The first kappa shape index (κ1) is 27.4. The lowest BCUT2D eigenvalue weighted by Crippen LogP contribution is -2.41. The highest BCUT2D eigenvalue weighted by molar-refractivity contribution is 6.12. The largest absolute Gasteiger partial charge is 0.493 e. The normalized spacial score (nSPS) is 20.4. The van der Waals surface area contributed by atoms with Crippen LogP contribution in [-0.2, 0) is 20.7 Å². The van der Waals surface area contributed by atoms with E-state index < -0.39 is 17.8 Å². The first-order chi connectivity index (χ1) is 19.5. The van der Waals surface area contributed by atoms with Gasteiger partial charge in [-0.2, -0.15) is 0 Å². The summed E-state index contributed by atoms with van der Waals surface area (Å²) in [4.78, 5) is 32.4. The molecule has 0 N–H and O–H groups in total. The van der Waals surface area contributed by atoms with Crippen LogP contribution in [0.2, 0.25) is 0 Å². The van der Waals surface area contributed by atoms with Crippen molar-refractivity contribution >= 4 is 17.5 Å². The zero-order valence-corrected chi connectivity index (χ0v) is 23.3. The average Bonchev–Trinajstić information content (AvgIpc) is 2.97. The van der Waals surface area contributed by atoms with Gasteiger partial charge in [0.25, 0.3) is 0 Å². The maximum absolute atomic E-state index is 13.9. The maximum Gasteiger partial charge on any atom is 0.336 e. The van der Waals surface area contributed by atoms with E-state index in [0.29, 0.717) is 48.6 Å². The zero-order chi connectivity index (χ0) is 28.1. The fourth-order valence-electron chi connectivity index (χ4n) is 5.90. The number of hydrogen-bond acceptors (Lipinski definition) is 6. The third kappa shape index (κ3) is 5.71. The van der Waals surface area contributed by atoms with Gasteiger partial charge in [-0.25, -0.2) is 4.79 Å². The number of benzene rings is 3. The number of ketones is 1. The Labute approximate surface area is 235 Å².